The summed E-state index contributed by atoms with van der Waals surface area (Å²) in [5, 5.41) is 30.1. The van der Waals surface area contributed by atoms with Crippen molar-refractivity contribution in [2.75, 3.05) is 0 Å². The van der Waals surface area contributed by atoms with Crippen molar-refractivity contribution in [2.24, 2.45) is 5.10 Å². The van der Waals surface area contributed by atoms with E-state index in [1.54, 1.807) is 0 Å². The third kappa shape index (κ3) is 3.20. The maximum Gasteiger partial charge on any atom is 0.216 e. The van der Waals surface area contributed by atoms with Gasteiger partial charge < -0.3 is 10.2 Å². The number of H-pyrrole nitrogens is 1. The maximum atomic E-state index is 9.87. The Morgan fingerprint density at radius 2 is 2.14 bits per heavy atom. The molecule has 0 aliphatic carbocycles. The van der Waals surface area contributed by atoms with E-state index in [0.29, 0.717) is 17.0 Å². The first-order valence-corrected chi connectivity index (χ1v) is 7.22. The van der Waals surface area contributed by atoms with Gasteiger partial charge in [0.15, 0.2) is 11.6 Å². The largest absolute Gasteiger partial charge is 0.506 e. The SMILES string of the molecule is CCCc1n[nH]c(=S)n1/N=C\c1cc(Cl)c(O)c(Cl)c1O. The quantitative estimate of drug-likeness (QED) is 0.584. The van der Waals surface area contributed by atoms with Gasteiger partial charge >= 0.3 is 0 Å². The first-order chi connectivity index (χ1) is 9.95. The van der Waals surface area contributed by atoms with E-state index in [-0.39, 0.29) is 27.1 Å². The highest BCUT2D eigenvalue weighted by atomic mass is 35.5. The number of nitrogens with zero attached hydrogens (tertiary/aromatic N) is 3. The van der Waals surface area contributed by atoms with Gasteiger partial charge in [-0.15, -0.1) is 0 Å². The first kappa shape index (κ1) is 15.8. The Labute approximate surface area is 135 Å². The fourth-order valence-corrected chi connectivity index (χ4v) is 2.33. The van der Waals surface area contributed by atoms with Crippen molar-refractivity contribution in [1.82, 2.24) is 14.9 Å². The Kier molecular flexibility index (Phi) is 4.87. The highest BCUT2D eigenvalue weighted by molar-refractivity contribution is 7.71. The van der Waals surface area contributed by atoms with E-state index in [1.165, 1.54) is 17.0 Å². The predicted octanol–water partition coefficient (Wildman–Crippen LogP) is 3.49. The number of phenols is 2. The van der Waals surface area contributed by atoms with Gasteiger partial charge in [-0.3, -0.25) is 5.10 Å². The zero-order valence-corrected chi connectivity index (χ0v) is 13.3. The molecule has 0 aliphatic heterocycles. The van der Waals surface area contributed by atoms with E-state index < -0.39 is 0 Å². The van der Waals surface area contributed by atoms with Crippen molar-refractivity contribution < 1.29 is 10.2 Å². The molecule has 1 heterocycles. The van der Waals surface area contributed by atoms with Crippen LogP contribution in [0.5, 0.6) is 11.5 Å². The van der Waals surface area contributed by atoms with Gasteiger partial charge in [0.05, 0.1) is 11.2 Å². The zero-order chi connectivity index (χ0) is 15.6. The molecule has 2 rings (SSSR count). The Balaban J connectivity index is 2.43. The van der Waals surface area contributed by atoms with Gasteiger partial charge in [-0.25, -0.2) is 0 Å². The average Bonchev–Trinajstić information content (AvgIpc) is 2.80. The van der Waals surface area contributed by atoms with Crippen molar-refractivity contribution in [2.45, 2.75) is 19.8 Å². The highest BCUT2D eigenvalue weighted by Crippen LogP contribution is 2.40. The molecule has 0 amide bonds. The highest BCUT2D eigenvalue weighted by Gasteiger charge is 2.13. The summed E-state index contributed by atoms with van der Waals surface area (Å²) in [6.45, 7) is 2.01. The molecule has 0 radical (unpaired) electrons. The lowest BCUT2D eigenvalue weighted by Gasteiger charge is -2.05. The number of aromatic hydroxyl groups is 2. The number of aromatic nitrogens is 3. The van der Waals surface area contributed by atoms with Gasteiger partial charge in [0.25, 0.3) is 0 Å². The first-order valence-electron chi connectivity index (χ1n) is 6.06. The Bertz CT molecular complexity index is 754. The summed E-state index contributed by atoms with van der Waals surface area (Å²) >= 11 is 16.7. The van der Waals surface area contributed by atoms with Crippen molar-refractivity contribution in [3.8, 4) is 11.5 Å². The van der Waals surface area contributed by atoms with Crippen LogP contribution in [0.15, 0.2) is 11.2 Å². The number of phenolic OH excluding ortho intramolecular Hbond substituents is 2. The molecule has 0 saturated carbocycles. The summed E-state index contributed by atoms with van der Waals surface area (Å²) in [4.78, 5) is 0. The van der Waals surface area contributed by atoms with Gasteiger partial charge in [0.2, 0.25) is 4.77 Å². The number of nitrogens with one attached hydrogen (secondary N) is 1. The molecular weight excluding hydrogens is 335 g/mol. The van der Waals surface area contributed by atoms with E-state index in [2.05, 4.69) is 15.3 Å². The third-order valence-electron chi connectivity index (χ3n) is 2.70. The maximum absolute atomic E-state index is 9.87. The molecule has 0 atom stereocenters. The number of rotatable bonds is 4. The summed E-state index contributed by atoms with van der Waals surface area (Å²) in [5.74, 6) is -0.0110. The van der Waals surface area contributed by atoms with E-state index in [1.807, 2.05) is 6.92 Å². The van der Waals surface area contributed by atoms with Crippen molar-refractivity contribution in [1.29, 1.82) is 0 Å². The second kappa shape index (κ2) is 6.46. The van der Waals surface area contributed by atoms with Gasteiger partial charge in [-0.2, -0.15) is 14.9 Å². The lowest BCUT2D eigenvalue weighted by molar-refractivity contribution is 0.450. The molecule has 1 aromatic carbocycles. The number of halogens is 2. The zero-order valence-electron chi connectivity index (χ0n) is 11.0. The van der Waals surface area contributed by atoms with Crippen LogP contribution < -0.4 is 0 Å². The molecule has 0 aliphatic rings. The van der Waals surface area contributed by atoms with Gasteiger partial charge in [0.1, 0.15) is 10.8 Å². The third-order valence-corrected chi connectivity index (χ3v) is 3.61. The summed E-state index contributed by atoms with van der Waals surface area (Å²) in [6, 6.07) is 1.35. The van der Waals surface area contributed by atoms with Crippen LogP contribution in [0.4, 0.5) is 0 Å². The fraction of sp³-hybridized carbons (Fsp3) is 0.250. The molecule has 21 heavy (non-hydrogen) atoms. The van der Waals surface area contributed by atoms with Crippen LogP contribution in [-0.2, 0) is 6.42 Å². The van der Waals surface area contributed by atoms with E-state index in [0.717, 1.165) is 6.42 Å². The van der Waals surface area contributed by atoms with Crippen LogP contribution in [0, 0.1) is 4.77 Å². The van der Waals surface area contributed by atoms with E-state index in [4.69, 9.17) is 35.4 Å². The standard InChI is InChI=1S/C12H12Cl2N4O2S/c1-2-3-8-16-17-12(21)18(8)15-5-6-4-7(13)11(20)9(14)10(6)19/h4-5,19-20H,2-3H2,1H3,(H,17,21)/b15-5-. The summed E-state index contributed by atoms with van der Waals surface area (Å²) < 4.78 is 1.79. The monoisotopic (exact) mass is 346 g/mol. The lowest BCUT2D eigenvalue weighted by Crippen LogP contribution is -1.99. The van der Waals surface area contributed by atoms with Crippen LogP contribution in [-0.4, -0.2) is 31.3 Å². The Hall–Kier alpha value is -1.57. The molecule has 6 nitrogen and oxygen atoms in total. The predicted molar refractivity (Wildman–Crippen MR) is 84.2 cm³/mol. The smallest absolute Gasteiger partial charge is 0.216 e. The van der Waals surface area contributed by atoms with Crippen molar-refractivity contribution >= 4 is 41.6 Å². The minimum absolute atomic E-state index is 0.0174. The Morgan fingerprint density at radius 1 is 1.43 bits per heavy atom. The van der Waals surface area contributed by atoms with Crippen LogP contribution in [0.1, 0.15) is 24.7 Å². The second-order valence-corrected chi connectivity index (χ2v) is 5.38. The number of benzene rings is 1. The van der Waals surface area contributed by atoms with Gasteiger partial charge in [0, 0.05) is 12.0 Å². The minimum atomic E-state index is -0.375. The van der Waals surface area contributed by atoms with Crippen LogP contribution in [0.3, 0.4) is 0 Å². The molecule has 0 spiro atoms. The molecule has 3 N–H and O–H groups in total. The molecule has 1 aromatic heterocycles. The fourth-order valence-electron chi connectivity index (χ4n) is 1.66. The molecule has 0 saturated heterocycles. The lowest BCUT2D eigenvalue weighted by atomic mass is 10.2. The Morgan fingerprint density at radius 3 is 2.81 bits per heavy atom. The number of aryl methyl sites for hydroxylation is 1. The summed E-state index contributed by atoms with van der Waals surface area (Å²) in [7, 11) is 0. The van der Waals surface area contributed by atoms with Crippen molar-refractivity contribution in [3.05, 3.63) is 32.3 Å². The minimum Gasteiger partial charge on any atom is -0.506 e. The molecule has 9 heteroatoms. The molecular formula is C12H12Cl2N4O2S. The molecule has 0 fully saturated rings. The second-order valence-electron chi connectivity index (χ2n) is 4.21. The van der Waals surface area contributed by atoms with Crippen LogP contribution >= 0.6 is 35.4 Å². The summed E-state index contributed by atoms with van der Waals surface area (Å²) in [6.07, 6.45) is 2.93. The number of hydrogen-bond donors (Lipinski definition) is 3. The number of aromatic amines is 1. The average molecular weight is 347 g/mol. The molecule has 2 aromatic rings. The van der Waals surface area contributed by atoms with Crippen molar-refractivity contribution in [3.63, 3.8) is 0 Å². The van der Waals surface area contributed by atoms with Crippen LogP contribution in [0.2, 0.25) is 10.0 Å². The van der Waals surface area contributed by atoms with E-state index in [9.17, 15) is 10.2 Å². The van der Waals surface area contributed by atoms with Gasteiger partial charge in [-0.05, 0) is 24.7 Å². The van der Waals surface area contributed by atoms with Gasteiger partial charge in [-0.1, -0.05) is 30.1 Å². The molecule has 0 unspecified atom stereocenters. The normalized spacial score (nSPS) is 11.4. The topological polar surface area (TPSA) is 86.4 Å². The van der Waals surface area contributed by atoms with E-state index >= 15 is 0 Å². The number of hydrogen-bond acceptors (Lipinski definition) is 5. The molecule has 112 valence electrons. The van der Waals surface area contributed by atoms with Crippen LogP contribution in [0.25, 0.3) is 0 Å². The summed E-state index contributed by atoms with van der Waals surface area (Å²) in [5.41, 5.74) is 0.258. The molecule has 0 bridgehead atoms.